The van der Waals surface area contributed by atoms with Crippen molar-refractivity contribution in [3.05, 3.63) is 34.9 Å². The molecule has 0 spiro atoms. The number of nitrogens with zero attached hydrogens (tertiary/aromatic N) is 3. The zero-order valence-corrected chi connectivity index (χ0v) is 23.1. The van der Waals surface area contributed by atoms with Crippen LogP contribution in [0.2, 0.25) is 0 Å². The Kier molecular flexibility index (Phi) is 9.93. The maximum absolute atomic E-state index is 13.0. The molecular formula is C28H31B5N4O3. The number of carbonyl (C=O) groups excluding carboxylic acids is 3. The highest BCUT2D eigenvalue weighted by Gasteiger charge is 2.34. The van der Waals surface area contributed by atoms with Crippen molar-refractivity contribution in [2.75, 3.05) is 44.7 Å². The van der Waals surface area contributed by atoms with Crippen LogP contribution < -0.4 is 37.5 Å². The van der Waals surface area contributed by atoms with Crippen molar-refractivity contribution in [3.63, 3.8) is 0 Å². The topological polar surface area (TPSA) is 73.0 Å². The molecule has 12 heteroatoms. The SMILES string of the molecule is [B]c1c([B])c([B])c(N2CCN(CCCCc3cccc4c3CN(C(C=O)CCC(=O)NC)C4=O)CC2)c([B])c1[B]. The van der Waals surface area contributed by atoms with E-state index in [4.69, 9.17) is 39.2 Å². The van der Waals surface area contributed by atoms with Crippen molar-refractivity contribution in [1.29, 1.82) is 0 Å². The number of hydrogen-bond donors (Lipinski definition) is 1. The molecule has 0 aliphatic carbocycles. The van der Waals surface area contributed by atoms with E-state index >= 15 is 0 Å². The van der Waals surface area contributed by atoms with Gasteiger partial charge in [0.25, 0.3) is 5.91 Å². The maximum atomic E-state index is 13.0. The molecule has 0 saturated carbocycles. The molecule has 1 N–H and O–H groups in total. The van der Waals surface area contributed by atoms with Crippen molar-refractivity contribution < 1.29 is 14.4 Å². The summed E-state index contributed by atoms with van der Waals surface area (Å²) < 4.78 is 0. The van der Waals surface area contributed by atoms with E-state index in [9.17, 15) is 14.4 Å². The predicted octanol–water partition coefficient (Wildman–Crippen LogP) is -3.15. The average Bonchev–Trinajstić information content (AvgIpc) is 3.31. The van der Waals surface area contributed by atoms with E-state index in [1.807, 2.05) is 12.1 Å². The van der Waals surface area contributed by atoms with Gasteiger partial charge in [0, 0.05) is 57.4 Å². The molecule has 1 unspecified atom stereocenters. The number of unbranched alkanes of at least 4 members (excludes halogenated alkanes) is 1. The van der Waals surface area contributed by atoms with Crippen LogP contribution in [0, 0.1) is 0 Å². The first kappa shape index (κ1) is 30.1. The molecule has 4 rings (SSSR count). The van der Waals surface area contributed by atoms with Crippen LogP contribution >= 0.6 is 0 Å². The van der Waals surface area contributed by atoms with Gasteiger partial charge in [0.05, 0.1) is 6.04 Å². The summed E-state index contributed by atoms with van der Waals surface area (Å²) >= 11 is 0. The minimum Gasteiger partial charge on any atom is -0.370 e. The molecule has 7 nitrogen and oxygen atoms in total. The zero-order valence-electron chi connectivity index (χ0n) is 23.1. The largest absolute Gasteiger partial charge is 0.370 e. The summed E-state index contributed by atoms with van der Waals surface area (Å²) in [5.41, 5.74) is 4.96. The molecule has 2 aliphatic heterocycles. The van der Waals surface area contributed by atoms with Crippen LogP contribution in [-0.2, 0) is 22.6 Å². The fourth-order valence-corrected chi connectivity index (χ4v) is 5.64. The lowest BCUT2D eigenvalue weighted by Crippen LogP contribution is -2.59. The van der Waals surface area contributed by atoms with E-state index in [0.717, 1.165) is 69.4 Å². The molecule has 1 fully saturated rings. The Morgan fingerprint density at radius 1 is 0.975 bits per heavy atom. The number of piperazine rings is 1. The molecule has 1 saturated heterocycles. The third-order valence-electron chi connectivity index (χ3n) is 8.13. The second kappa shape index (κ2) is 13.2. The quantitative estimate of drug-likeness (QED) is 0.191. The Morgan fingerprint density at radius 2 is 1.62 bits per heavy atom. The van der Waals surface area contributed by atoms with Gasteiger partial charge < -0.3 is 19.9 Å². The summed E-state index contributed by atoms with van der Waals surface area (Å²) in [7, 11) is 32.0. The van der Waals surface area contributed by atoms with Crippen molar-refractivity contribution in [3.8, 4) is 0 Å². The first-order valence-electron chi connectivity index (χ1n) is 13.7. The highest BCUT2D eigenvalue weighted by atomic mass is 16.2. The molecular weight excluding hydrogens is 494 g/mol. The highest BCUT2D eigenvalue weighted by Crippen LogP contribution is 2.29. The van der Waals surface area contributed by atoms with Crippen molar-refractivity contribution >= 4 is 90.3 Å². The van der Waals surface area contributed by atoms with Crippen molar-refractivity contribution in [2.24, 2.45) is 0 Å². The lowest BCUT2D eigenvalue weighted by molar-refractivity contribution is -0.121. The van der Waals surface area contributed by atoms with Gasteiger partial charge in [-0.3, -0.25) is 14.5 Å². The lowest BCUT2D eigenvalue weighted by atomic mass is 9.61. The Labute approximate surface area is 243 Å². The van der Waals surface area contributed by atoms with E-state index in [2.05, 4.69) is 21.2 Å². The van der Waals surface area contributed by atoms with Crippen LogP contribution in [0.25, 0.3) is 0 Å². The van der Waals surface area contributed by atoms with Crippen LogP contribution in [0.3, 0.4) is 0 Å². The monoisotopic (exact) mass is 526 g/mol. The van der Waals surface area contributed by atoms with E-state index in [1.54, 1.807) is 11.9 Å². The molecule has 2 heterocycles. The Hall–Kier alpha value is -2.87. The summed E-state index contributed by atoms with van der Waals surface area (Å²) in [6.45, 7) is 4.57. The molecule has 196 valence electrons. The van der Waals surface area contributed by atoms with Crippen LogP contribution in [0.1, 0.15) is 47.2 Å². The summed E-state index contributed by atoms with van der Waals surface area (Å²) in [5.74, 6) is -0.291. The maximum Gasteiger partial charge on any atom is 0.255 e. The molecule has 0 aromatic heterocycles. The standard InChI is InChI=1S/C28H31B5N4O3/c1-34-21(39)9-8-18(16-38)37-15-20-17(6-4-7-19(20)28(37)40)5-2-3-10-35-11-13-36(14-12-35)27-25(32)23(30)22(29)24(31)26(27)33/h4,6-7,16,18H,2-3,5,8-15H2,1H3,(H,34,39). The first-order valence-corrected chi connectivity index (χ1v) is 13.7. The van der Waals surface area contributed by atoms with E-state index in [1.165, 1.54) is 0 Å². The van der Waals surface area contributed by atoms with Gasteiger partial charge in [-0.25, -0.2) is 0 Å². The van der Waals surface area contributed by atoms with Crippen LogP contribution in [0.5, 0.6) is 0 Å². The van der Waals surface area contributed by atoms with E-state index in [0.29, 0.717) is 35.1 Å². The molecule has 2 aromatic rings. The van der Waals surface area contributed by atoms with E-state index in [-0.39, 0.29) is 34.6 Å². The minimum absolute atomic E-state index is 0.144. The van der Waals surface area contributed by atoms with Gasteiger partial charge in [-0.15, -0.1) is 16.4 Å². The highest BCUT2D eigenvalue weighted by molar-refractivity contribution is 6.68. The van der Waals surface area contributed by atoms with Gasteiger partial charge >= 0.3 is 0 Å². The van der Waals surface area contributed by atoms with Crippen LogP contribution in [0.4, 0.5) is 5.69 Å². The number of aryl methyl sites for hydroxylation is 1. The van der Waals surface area contributed by atoms with Gasteiger partial charge in [0.15, 0.2) is 0 Å². The predicted molar refractivity (Wildman–Crippen MR) is 164 cm³/mol. The molecule has 0 bridgehead atoms. The van der Waals surface area contributed by atoms with E-state index < -0.39 is 6.04 Å². The third-order valence-corrected chi connectivity index (χ3v) is 8.13. The summed E-state index contributed by atoms with van der Waals surface area (Å²) in [5, 5.41) is 2.56. The number of carbonyl (C=O) groups is 3. The number of benzene rings is 2. The van der Waals surface area contributed by atoms with Gasteiger partial charge in [-0.2, -0.15) is 0 Å². The number of amides is 2. The Morgan fingerprint density at radius 3 is 2.25 bits per heavy atom. The smallest absolute Gasteiger partial charge is 0.255 e. The number of aldehydes is 1. The first-order chi connectivity index (χ1) is 19.2. The molecule has 2 aliphatic rings. The van der Waals surface area contributed by atoms with Crippen molar-refractivity contribution in [1.82, 2.24) is 15.1 Å². The molecule has 10 radical (unpaired) electrons. The van der Waals surface area contributed by atoms with Crippen molar-refractivity contribution in [2.45, 2.75) is 44.7 Å². The molecule has 2 aromatic carbocycles. The van der Waals surface area contributed by atoms with Gasteiger partial charge in [-0.1, -0.05) is 23.1 Å². The number of anilines is 1. The summed E-state index contributed by atoms with van der Waals surface area (Å²) in [6.07, 6.45) is 4.12. The van der Waals surface area contributed by atoms with Crippen LogP contribution in [-0.4, -0.2) is 113 Å². The molecule has 1 atom stereocenters. The third kappa shape index (κ3) is 6.22. The second-order valence-electron chi connectivity index (χ2n) is 10.5. The Balaban J connectivity index is 1.28. The second-order valence-corrected chi connectivity index (χ2v) is 10.5. The average molecular weight is 526 g/mol. The number of fused-ring (bicyclic) bond motifs is 1. The van der Waals surface area contributed by atoms with Crippen LogP contribution in [0.15, 0.2) is 18.2 Å². The number of rotatable bonds is 11. The number of hydrogen-bond acceptors (Lipinski definition) is 5. The Bertz CT molecular complexity index is 1250. The fourth-order valence-electron chi connectivity index (χ4n) is 5.64. The molecule has 40 heavy (non-hydrogen) atoms. The van der Waals surface area contributed by atoms with Gasteiger partial charge in [0.2, 0.25) is 5.91 Å². The lowest BCUT2D eigenvalue weighted by Gasteiger charge is -2.39. The van der Waals surface area contributed by atoms with Gasteiger partial charge in [0.1, 0.15) is 45.5 Å². The molecule has 2 amide bonds. The number of nitrogens with one attached hydrogen (secondary N) is 1. The zero-order chi connectivity index (χ0) is 29.0. The minimum atomic E-state index is -0.615. The summed E-state index contributed by atoms with van der Waals surface area (Å²) in [6, 6.07) is 5.18. The van der Waals surface area contributed by atoms with Gasteiger partial charge in [-0.05, 0) is 49.4 Å². The summed E-state index contributed by atoms with van der Waals surface area (Å²) in [4.78, 5) is 42.6. The fraction of sp³-hybridized carbons (Fsp3) is 0.464. The normalized spacial score (nSPS) is 16.2.